The molecule has 0 spiro atoms. The lowest BCUT2D eigenvalue weighted by Gasteiger charge is -2.08. The largest absolute Gasteiger partial charge is 0.481 e. The number of carbonyl (C=O) groups is 2. The lowest BCUT2D eigenvalue weighted by molar-refractivity contribution is -0.144. The first-order valence-corrected chi connectivity index (χ1v) is 7.10. The van der Waals surface area contributed by atoms with Crippen LogP contribution in [0.5, 0.6) is 0 Å². The van der Waals surface area contributed by atoms with Crippen LogP contribution in [0.3, 0.4) is 0 Å². The summed E-state index contributed by atoms with van der Waals surface area (Å²) in [5.74, 6) is -1.39. The minimum atomic E-state index is -0.867. The van der Waals surface area contributed by atoms with E-state index in [-0.39, 0.29) is 18.4 Å². The van der Waals surface area contributed by atoms with Crippen LogP contribution in [-0.2, 0) is 14.3 Å². The number of carboxylic acid groups (broad SMARTS) is 2. The van der Waals surface area contributed by atoms with Crippen LogP contribution in [0.4, 0.5) is 0 Å². The molecule has 0 radical (unpaired) electrons. The summed E-state index contributed by atoms with van der Waals surface area (Å²) < 4.78 is 4.91. The lowest BCUT2D eigenvalue weighted by Crippen LogP contribution is -2.39. The van der Waals surface area contributed by atoms with E-state index in [0.717, 1.165) is 12.8 Å². The van der Waals surface area contributed by atoms with Gasteiger partial charge < -0.3 is 25.4 Å². The Hall–Kier alpha value is -1.18. The first-order valence-electron chi connectivity index (χ1n) is 7.10. The van der Waals surface area contributed by atoms with Crippen LogP contribution in [0, 0.1) is 17.3 Å². The number of methoxy groups -OCH3 is 1. The molecular formula is C14H25NO6. The van der Waals surface area contributed by atoms with E-state index >= 15 is 0 Å². The highest BCUT2D eigenvalue weighted by Crippen LogP contribution is 2.55. The van der Waals surface area contributed by atoms with Crippen molar-refractivity contribution in [3.05, 3.63) is 0 Å². The Morgan fingerprint density at radius 1 is 1.24 bits per heavy atom. The van der Waals surface area contributed by atoms with Crippen LogP contribution in [0.1, 0.15) is 26.2 Å². The van der Waals surface area contributed by atoms with Crippen molar-refractivity contribution in [3.63, 3.8) is 0 Å². The molecule has 0 aromatic rings. The zero-order valence-electron chi connectivity index (χ0n) is 12.8. The van der Waals surface area contributed by atoms with Crippen LogP contribution >= 0.6 is 0 Å². The van der Waals surface area contributed by atoms with E-state index in [1.54, 1.807) is 14.2 Å². The summed E-state index contributed by atoms with van der Waals surface area (Å²) >= 11 is 0. The molecule has 0 saturated heterocycles. The van der Waals surface area contributed by atoms with Crippen molar-refractivity contribution in [2.75, 3.05) is 27.4 Å². The number of likely N-dealkylation sites (N-methyl/N-ethyl adjacent to an activating group) is 1. The first-order chi connectivity index (χ1) is 9.84. The molecule has 122 valence electrons. The van der Waals surface area contributed by atoms with Crippen molar-refractivity contribution in [1.29, 1.82) is 0 Å². The van der Waals surface area contributed by atoms with Gasteiger partial charge >= 0.3 is 11.9 Å². The molecule has 0 aromatic carbocycles. The van der Waals surface area contributed by atoms with E-state index in [9.17, 15) is 9.59 Å². The molecule has 4 atom stereocenters. The number of hydrogen-bond acceptors (Lipinski definition) is 5. The van der Waals surface area contributed by atoms with Crippen LogP contribution < -0.4 is 5.32 Å². The number of aliphatic hydroxyl groups excluding tert-OH is 1. The third-order valence-electron chi connectivity index (χ3n) is 4.81. The summed E-state index contributed by atoms with van der Waals surface area (Å²) in [6.45, 7) is 2.46. The second-order valence-corrected chi connectivity index (χ2v) is 5.78. The summed E-state index contributed by atoms with van der Waals surface area (Å²) in [6.07, 6.45) is 2.04. The smallest absolute Gasteiger partial charge is 0.324 e. The molecule has 0 unspecified atom stereocenters. The number of hydrogen-bond donors (Lipinski definition) is 4. The van der Waals surface area contributed by atoms with Gasteiger partial charge in [-0.05, 0) is 32.2 Å². The third kappa shape index (κ3) is 3.36. The number of nitrogens with one attached hydrogen (secondary N) is 1. The Morgan fingerprint density at radius 3 is 2.05 bits per heavy atom. The summed E-state index contributed by atoms with van der Waals surface area (Å²) in [7, 11) is 3.21. The molecule has 0 aromatic heterocycles. The van der Waals surface area contributed by atoms with Crippen molar-refractivity contribution in [2.24, 2.45) is 17.3 Å². The zero-order valence-corrected chi connectivity index (χ0v) is 12.8. The molecule has 2 rings (SSSR count). The number of rotatable bonds is 7. The minimum Gasteiger partial charge on any atom is -0.481 e. The van der Waals surface area contributed by atoms with Crippen molar-refractivity contribution in [3.8, 4) is 0 Å². The van der Waals surface area contributed by atoms with Crippen LogP contribution in [0.15, 0.2) is 0 Å². The second kappa shape index (κ2) is 6.72. The van der Waals surface area contributed by atoms with Gasteiger partial charge in [0.15, 0.2) is 0 Å². The quantitative estimate of drug-likeness (QED) is 0.530. The number of aliphatic hydroxyl groups is 1. The Morgan fingerprint density at radius 2 is 1.86 bits per heavy atom. The summed E-state index contributed by atoms with van der Waals surface area (Å²) in [5.41, 5.74) is -1.27. The van der Waals surface area contributed by atoms with E-state index in [0.29, 0.717) is 13.0 Å². The molecule has 0 bridgehead atoms. The topological polar surface area (TPSA) is 116 Å². The van der Waals surface area contributed by atoms with Gasteiger partial charge in [-0.2, -0.15) is 0 Å². The van der Waals surface area contributed by atoms with Gasteiger partial charge in [-0.25, -0.2) is 0 Å². The van der Waals surface area contributed by atoms with Gasteiger partial charge in [0.2, 0.25) is 0 Å². The molecular weight excluding hydrogens is 278 g/mol. The number of carboxylic acids is 2. The first kappa shape index (κ1) is 17.9. The Labute approximate surface area is 124 Å². The van der Waals surface area contributed by atoms with Gasteiger partial charge in [0, 0.05) is 19.6 Å². The maximum atomic E-state index is 10.7. The lowest BCUT2D eigenvalue weighted by atomic mass is 10.0. The SMILES string of the molecule is CC[C@]1(C(=O)O)C[C@@H]1COC.CN[C@]1(C(=O)O)C[C@@H]1CO. The molecule has 2 aliphatic rings. The zero-order chi connectivity index (χ0) is 16.3. The van der Waals surface area contributed by atoms with E-state index in [4.69, 9.17) is 20.1 Å². The Balaban J connectivity index is 0.000000211. The summed E-state index contributed by atoms with van der Waals surface area (Å²) in [4.78, 5) is 21.3. The number of aliphatic carboxylic acids is 2. The molecule has 2 fully saturated rings. The maximum absolute atomic E-state index is 10.7. The Bertz CT molecular complexity index is 401. The monoisotopic (exact) mass is 303 g/mol. The number of ether oxygens (including phenoxy) is 1. The van der Waals surface area contributed by atoms with Gasteiger partial charge in [-0.1, -0.05) is 6.92 Å². The fourth-order valence-electron chi connectivity index (χ4n) is 2.87. The van der Waals surface area contributed by atoms with Gasteiger partial charge in [0.1, 0.15) is 5.54 Å². The molecule has 0 amide bonds. The molecule has 7 nitrogen and oxygen atoms in total. The molecule has 7 heteroatoms. The fraction of sp³-hybridized carbons (Fsp3) is 0.857. The average molecular weight is 303 g/mol. The highest BCUT2D eigenvalue weighted by Gasteiger charge is 2.59. The second-order valence-electron chi connectivity index (χ2n) is 5.78. The average Bonchev–Trinajstić information content (AvgIpc) is 3.33. The Kier molecular flexibility index (Phi) is 5.72. The van der Waals surface area contributed by atoms with Gasteiger partial charge in [-0.3, -0.25) is 9.59 Å². The van der Waals surface area contributed by atoms with Crippen molar-refractivity contribution < 1.29 is 29.6 Å². The molecule has 2 aliphatic carbocycles. The molecule has 2 saturated carbocycles. The van der Waals surface area contributed by atoms with Crippen molar-refractivity contribution in [1.82, 2.24) is 5.32 Å². The fourth-order valence-corrected chi connectivity index (χ4v) is 2.87. The van der Waals surface area contributed by atoms with Crippen LogP contribution in [0.25, 0.3) is 0 Å². The molecule has 0 heterocycles. The summed E-state index contributed by atoms with van der Waals surface area (Å²) in [5, 5.41) is 28.8. The maximum Gasteiger partial charge on any atom is 0.324 e. The van der Waals surface area contributed by atoms with Crippen LogP contribution in [-0.4, -0.2) is 60.2 Å². The van der Waals surface area contributed by atoms with E-state index in [2.05, 4.69) is 5.32 Å². The van der Waals surface area contributed by atoms with Crippen LogP contribution in [0.2, 0.25) is 0 Å². The minimum absolute atomic E-state index is 0.0485. The van der Waals surface area contributed by atoms with E-state index in [1.165, 1.54) is 0 Å². The summed E-state index contributed by atoms with van der Waals surface area (Å²) in [6, 6.07) is 0. The standard InChI is InChI=1S/C8H14O3.C6H11NO3/c1-3-8(7(9)10)4-6(8)5-11-2;1-7-6(5(9)10)2-4(6)3-8/h6H,3-5H2,1-2H3,(H,9,10);4,7-8H,2-3H2,1H3,(H,9,10)/t6-,8+;4-,6-/m11/s1. The van der Waals surface area contributed by atoms with Gasteiger partial charge in [0.25, 0.3) is 0 Å². The van der Waals surface area contributed by atoms with Gasteiger partial charge in [-0.15, -0.1) is 0 Å². The molecule has 4 N–H and O–H groups in total. The molecule has 21 heavy (non-hydrogen) atoms. The predicted octanol–water partition coefficient (Wildman–Crippen LogP) is 0.175. The highest BCUT2D eigenvalue weighted by atomic mass is 16.5. The van der Waals surface area contributed by atoms with Crippen molar-refractivity contribution >= 4 is 11.9 Å². The van der Waals surface area contributed by atoms with Crippen molar-refractivity contribution in [2.45, 2.75) is 31.7 Å². The normalized spacial score (nSPS) is 36.4. The van der Waals surface area contributed by atoms with Gasteiger partial charge in [0.05, 0.1) is 12.0 Å². The third-order valence-corrected chi connectivity index (χ3v) is 4.81. The highest BCUT2D eigenvalue weighted by molar-refractivity contribution is 5.83. The molecule has 0 aliphatic heterocycles. The predicted molar refractivity (Wildman–Crippen MR) is 75.0 cm³/mol. The van der Waals surface area contributed by atoms with E-state index in [1.807, 2.05) is 6.92 Å². The van der Waals surface area contributed by atoms with E-state index < -0.39 is 22.9 Å².